The second-order valence-corrected chi connectivity index (χ2v) is 15.7. The van der Waals surface area contributed by atoms with Crippen LogP contribution in [-0.4, -0.2) is 80.4 Å². The fourth-order valence-electron chi connectivity index (χ4n) is 7.53. The zero-order valence-electron chi connectivity index (χ0n) is 27.6. The number of ether oxygens (including phenoxy) is 1. The number of rotatable bonds is 9. The van der Waals surface area contributed by atoms with Crippen molar-refractivity contribution in [2.24, 2.45) is 5.41 Å². The predicted octanol–water partition coefficient (Wildman–Crippen LogP) is 4.89. The number of methoxy groups -OCH3 is 1. The van der Waals surface area contributed by atoms with Crippen LogP contribution in [0.2, 0.25) is 0 Å². The number of fused-ring (bicyclic) bond motifs is 1. The molecule has 3 aromatic rings. The van der Waals surface area contributed by atoms with Gasteiger partial charge in [-0.2, -0.15) is 12.7 Å². The maximum atomic E-state index is 14.3. The van der Waals surface area contributed by atoms with Gasteiger partial charge in [0.15, 0.2) is 0 Å². The van der Waals surface area contributed by atoms with E-state index in [9.17, 15) is 18.0 Å². The molecule has 3 aliphatic rings. The SMILES string of the molecule is COc1ccc(-c2c(C3CCCCC3)c3ccc(C(=O)NS(=O)(=O)N(C)C)cc3n2CC2(C(=O)N3C[C@@H](C)N[C@@H](C)C3)CC2)cc1. The van der Waals surface area contributed by atoms with Crippen molar-refractivity contribution in [3.8, 4) is 17.0 Å². The molecule has 0 unspecified atom stereocenters. The molecule has 2 amide bonds. The van der Waals surface area contributed by atoms with Crippen molar-refractivity contribution in [2.75, 3.05) is 34.3 Å². The molecule has 0 bridgehead atoms. The van der Waals surface area contributed by atoms with Crippen molar-refractivity contribution in [3.63, 3.8) is 0 Å². The number of piperazine rings is 1. The lowest BCUT2D eigenvalue weighted by Crippen LogP contribution is -2.57. The number of hydrogen-bond acceptors (Lipinski definition) is 6. The number of aromatic nitrogens is 1. The lowest BCUT2D eigenvalue weighted by atomic mass is 9.81. The van der Waals surface area contributed by atoms with Gasteiger partial charge in [0.2, 0.25) is 5.91 Å². The van der Waals surface area contributed by atoms with E-state index in [2.05, 4.69) is 40.6 Å². The average molecular weight is 650 g/mol. The summed E-state index contributed by atoms with van der Waals surface area (Å²) in [7, 11) is 0.450. The van der Waals surface area contributed by atoms with Gasteiger partial charge in [0.05, 0.1) is 18.2 Å². The molecule has 1 aliphatic heterocycles. The van der Waals surface area contributed by atoms with Gasteiger partial charge in [0.1, 0.15) is 5.75 Å². The maximum absolute atomic E-state index is 14.3. The zero-order chi connectivity index (χ0) is 32.8. The summed E-state index contributed by atoms with van der Waals surface area (Å²) in [5, 5.41) is 4.59. The van der Waals surface area contributed by atoms with Crippen LogP contribution in [0, 0.1) is 5.41 Å². The minimum absolute atomic E-state index is 0.195. The van der Waals surface area contributed by atoms with Gasteiger partial charge in [-0.25, -0.2) is 4.72 Å². The van der Waals surface area contributed by atoms with Crippen LogP contribution in [0.15, 0.2) is 42.5 Å². The molecule has 2 aliphatic carbocycles. The van der Waals surface area contributed by atoms with Crippen molar-refractivity contribution in [1.82, 2.24) is 23.8 Å². The van der Waals surface area contributed by atoms with Gasteiger partial charge in [-0.05, 0) is 93.0 Å². The van der Waals surface area contributed by atoms with E-state index in [4.69, 9.17) is 4.74 Å². The first kappa shape index (κ1) is 32.5. The van der Waals surface area contributed by atoms with Crippen LogP contribution in [0.25, 0.3) is 22.2 Å². The Hall–Kier alpha value is -3.41. The van der Waals surface area contributed by atoms with Crippen molar-refractivity contribution >= 4 is 32.9 Å². The molecule has 1 saturated heterocycles. The summed E-state index contributed by atoms with van der Waals surface area (Å²) < 4.78 is 36.0. The van der Waals surface area contributed by atoms with Crippen molar-refractivity contribution in [1.29, 1.82) is 0 Å². The van der Waals surface area contributed by atoms with E-state index in [-0.39, 0.29) is 23.6 Å². The van der Waals surface area contributed by atoms with Gasteiger partial charge in [0.25, 0.3) is 5.91 Å². The van der Waals surface area contributed by atoms with E-state index in [0.29, 0.717) is 25.6 Å². The standard InChI is InChI=1S/C35H47N5O5S/c1-23-20-39(21-24(2)36-23)34(42)35(17-18-35)22-40-30-19-27(33(41)37-46(43,44)38(3)4)13-16-29(30)31(25-9-7-6-8-10-25)32(40)26-11-14-28(45-5)15-12-26/h11-16,19,23-25,36H,6-10,17-18,20-22H2,1-5H3,(H,37,41)/t23-,24+. The van der Waals surface area contributed by atoms with Crippen LogP contribution in [0.3, 0.4) is 0 Å². The predicted molar refractivity (Wildman–Crippen MR) is 180 cm³/mol. The highest BCUT2D eigenvalue weighted by Gasteiger charge is 2.53. The minimum atomic E-state index is -3.97. The first-order chi connectivity index (χ1) is 21.9. The highest BCUT2D eigenvalue weighted by Crippen LogP contribution is 2.52. The van der Waals surface area contributed by atoms with Gasteiger partial charge >= 0.3 is 10.2 Å². The van der Waals surface area contributed by atoms with E-state index < -0.39 is 21.5 Å². The van der Waals surface area contributed by atoms with Crippen LogP contribution < -0.4 is 14.8 Å². The fraction of sp³-hybridized carbons (Fsp3) is 0.543. The Morgan fingerprint density at radius 3 is 2.24 bits per heavy atom. The fourth-order valence-corrected chi connectivity index (χ4v) is 8.07. The van der Waals surface area contributed by atoms with Crippen molar-refractivity contribution in [3.05, 3.63) is 53.6 Å². The molecule has 10 nitrogen and oxygen atoms in total. The molecule has 2 saturated carbocycles. The quantitative estimate of drug-likeness (QED) is 0.342. The molecule has 248 valence electrons. The number of nitrogens with one attached hydrogen (secondary N) is 2. The van der Waals surface area contributed by atoms with E-state index in [1.54, 1.807) is 13.2 Å². The average Bonchev–Trinajstić information content (AvgIpc) is 3.75. The highest BCUT2D eigenvalue weighted by atomic mass is 32.2. The number of amides is 2. The van der Waals surface area contributed by atoms with Crippen LogP contribution in [0.5, 0.6) is 5.75 Å². The lowest BCUT2D eigenvalue weighted by Gasteiger charge is -2.38. The first-order valence-electron chi connectivity index (χ1n) is 16.5. The molecule has 46 heavy (non-hydrogen) atoms. The molecule has 2 N–H and O–H groups in total. The Kier molecular flexibility index (Phi) is 8.95. The summed E-state index contributed by atoms with van der Waals surface area (Å²) >= 11 is 0. The Morgan fingerprint density at radius 1 is 1.00 bits per heavy atom. The van der Waals surface area contributed by atoms with Crippen LogP contribution in [-0.2, 0) is 21.5 Å². The smallest absolute Gasteiger partial charge is 0.303 e. The van der Waals surface area contributed by atoms with E-state index in [1.165, 1.54) is 26.1 Å². The summed E-state index contributed by atoms with van der Waals surface area (Å²) in [5.41, 5.74) is 3.94. The Balaban J connectivity index is 1.51. The van der Waals surface area contributed by atoms with Gasteiger partial charge < -0.3 is 19.5 Å². The van der Waals surface area contributed by atoms with E-state index >= 15 is 0 Å². The number of carbonyl (C=O) groups excluding carboxylic acids is 2. The minimum Gasteiger partial charge on any atom is -0.497 e. The Bertz CT molecular complexity index is 1710. The summed E-state index contributed by atoms with van der Waals surface area (Å²) in [5.74, 6) is 0.613. The largest absolute Gasteiger partial charge is 0.497 e. The molecular formula is C35H47N5O5S. The van der Waals surface area contributed by atoms with Gasteiger partial charge in [0, 0.05) is 62.3 Å². The number of carbonyl (C=O) groups is 2. The number of hydrogen-bond donors (Lipinski definition) is 2. The second-order valence-electron chi connectivity index (χ2n) is 13.8. The third-order valence-corrected chi connectivity index (χ3v) is 11.5. The number of nitrogens with zero attached hydrogens (tertiary/aromatic N) is 3. The second kappa shape index (κ2) is 12.7. The molecule has 2 aromatic carbocycles. The topological polar surface area (TPSA) is 113 Å². The Morgan fingerprint density at radius 2 is 1.65 bits per heavy atom. The van der Waals surface area contributed by atoms with Crippen LogP contribution >= 0.6 is 0 Å². The summed E-state index contributed by atoms with van der Waals surface area (Å²) in [6.45, 7) is 6.10. The molecule has 0 radical (unpaired) electrons. The summed E-state index contributed by atoms with van der Waals surface area (Å²) in [4.78, 5) is 29.6. The normalized spacial score (nSPS) is 21.8. The molecule has 2 heterocycles. The highest BCUT2D eigenvalue weighted by molar-refractivity contribution is 7.87. The van der Waals surface area contributed by atoms with Crippen molar-refractivity contribution in [2.45, 2.75) is 83.3 Å². The maximum Gasteiger partial charge on any atom is 0.303 e. The molecular weight excluding hydrogens is 602 g/mol. The molecule has 1 aromatic heterocycles. The van der Waals surface area contributed by atoms with E-state index in [1.807, 2.05) is 29.2 Å². The molecule has 6 rings (SSSR count). The van der Waals surface area contributed by atoms with Gasteiger partial charge in [-0.1, -0.05) is 25.3 Å². The molecule has 3 fully saturated rings. The monoisotopic (exact) mass is 649 g/mol. The lowest BCUT2D eigenvalue weighted by molar-refractivity contribution is -0.139. The summed E-state index contributed by atoms with van der Waals surface area (Å²) in [6.07, 6.45) is 7.30. The molecule has 0 spiro atoms. The molecule has 2 atom stereocenters. The first-order valence-corrected chi connectivity index (χ1v) is 18.0. The van der Waals surface area contributed by atoms with Gasteiger partial charge in [-0.15, -0.1) is 0 Å². The number of benzene rings is 2. The molecule has 11 heteroatoms. The third kappa shape index (κ3) is 6.29. The van der Waals surface area contributed by atoms with Crippen LogP contribution in [0.4, 0.5) is 0 Å². The summed E-state index contributed by atoms with van der Waals surface area (Å²) in [6, 6.07) is 14.0. The van der Waals surface area contributed by atoms with Crippen LogP contribution in [0.1, 0.15) is 80.6 Å². The zero-order valence-corrected chi connectivity index (χ0v) is 28.5. The Labute approximate surface area is 272 Å². The van der Waals surface area contributed by atoms with E-state index in [0.717, 1.165) is 70.7 Å². The van der Waals surface area contributed by atoms with Crippen molar-refractivity contribution < 1.29 is 22.7 Å². The third-order valence-electron chi connectivity index (χ3n) is 10.1. The van der Waals surface area contributed by atoms with Gasteiger partial charge in [-0.3, -0.25) is 9.59 Å².